The third-order valence-corrected chi connectivity index (χ3v) is 3.90. The minimum Gasteiger partial charge on any atom is -0.339 e. The normalized spacial score (nSPS) is 18.5. The van der Waals surface area contributed by atoms with Crippen molar-refractivity contribution in [3.8, 4) is 0 Å². The highest BCUT2D eigenvalue weighted by Crippen LogP contribution is 2.31. The Morgan fingerprint density at radius 3 is 2.90 bits per heavy atom. The standard InChI is InChI=1S/C16H19N3O2/c1-3-11-6-5-7-13(8-11)19-10-12(9-15(19)20)16-17-14(4-2)18-21-16/h5-8,12H,3-4,9-10H2,1-2H3. The lowest BCUT2D eigenvalue weighted by atomic mass is 10.1. The van der Waals surface area contributed by atoms with Crippen LogP contribution in [-0.2, 0) is 17.6 Å². The predicted octanol–water partition coefficient (Wildman–Crippen LogP) is 2.71. The number of hydrogen-bond donors (Lipinski definition) is 0. The van der Waals surface area contributed by atoms with Crippen LogP contribution in [0.5, 0.6) is 0 Å². The molecular formula is C16H19N3O2. The van der Waals surface area contributed by atoms with E-state index in [0.29, 0.717) is 24.7 Å². The molecule has 3 rings (SSSR count). The molecule has 0 N–H and O–H groups in total. The summed E-state index contributed by atoms with van der Waals surface area (Å²) in [5.74, 6) is 1.39. The quantitative estimate of drug-likeness (QED) is 0.866. The maximum absolute atomic E-state index is 12.3. The fourth-order valence-electron chi connectivity index (χ4n) is 2.64. The van der Waals surface area contributed by atoms with Gasteiger partial charge in [-0.1, -0.05) is 31.1 Å². The van der Waals surface area contributed by atoms with Crippen LogP contribution in [0.25, 0.3) is 0 Å². The van der Waals surface area contributed by atoms with Gasteiger partial charge in [0.25, 0.3) is 0 Å². The highest BCUT2D eigenvalue weighted by Gasteiger charge is 2.35. The van der Waals surface area contributed by atoms with Crippen molar-refractivity contribution in [2.75, 3.05) is 11.4 Å². The molecule has 2 heterocycles. The Morgan fingerprint density at radius 1 is 1.33 bits per heavy atom. The van der Waals surface area contributed by atoms with Crippen LogP contribution in [0.15, 0.2) is 28.8 Å². The maximum atomic E-state index is 12.3. The molecule has 110 valence electrons. The van der Waals surface area contributed by atoms with E-state index in [1.54, 1.807) is 0 Å². The van der Waals surface area contributed by atoms with Crippen molar-refractivity contribution in [1.29, 1.82) is 0 Å². The number of hydrogen-bond acceptors (Lipinski definition) is 4. The fourth-order valence-corrected chi connectivity index (χ4v) is 2.64. The van der Waals surface area contributed by atoms with Gasteiger partial charge in [-0.2, -0.15) is 4.98 Å². The molecule has 1 atom stereocenters. The first kappa shape index (κ1) is 13.8. The lowest BCUT2D eigenvalue weighted by molar-refractivity contribution is -0.117. The van der Waals surface area contributed by atoms with E-state index in [4.69, 9.17) is 4.52 Å². The Bertz CT molecular complexity index is 650. The van der Waals surface area contributed by atoms with Gasteiger partial charge in [0.2, 0.25) is 11.8 Å². The molecule has 1 aromatic heterocycles. The van der Waals surface area contributed by atoms with Crippen LogP contribution >= 0.6 is 0 Å². The Morgan fingerprint density at radius 2 is 2.19 bits per heavy atom. The minimum atomic E-state index is -0.00409. The molecular weight excluding hydrogens is 266 g/mol. The Labute approximate surface area is 124 Å². The zero-order valence-electron chi connectivity index (χ0n) is 12.4. The van der Waals surface area contributed by atoms with Crippen LogP contribution in [0.2, 0.25) is 0 Å². The summed E-state index contributed by atoms with van der Waals surface area (Å²) in [6.45, 7) is 4.70. The number of amides is 1. The van der Waals surface area contributed by atoms with Crippen molar-refractivity contribution in [2.45, 2.75) is 39.0 Å². The first-order valence-electron chi connectivity index (χ1n) is 7.43. The van der Waals surface area contributed by atoms with Gasteiger partial charge in [-0.05, 0) is 24.1 Å². The molecule has 0 bridgehead atoms. The zero-order chi connectivity index (χ0) is 14.8. The number of benzene rings is 1. The first-order chi connectivity index (χ1) is 10.2. The number of rotatable bonds is 4. The maximum Gasteiger partial charge on any atom is 0.232 e. The van der Waals surface area contributed by atoms with Crippen LogP contribution in [0.3, 0.4) is 0 Å². The molecule has 0 radical (unpaired) electrons. The van der Waals surface area contributed by atoms with Crippen molar-refractivity contribution >= 4 is 11.6 Å². The summed E-state index contributed by atoms with van der Waals surface area (Å²) in [5.41, 5.74) is 2.19. The number of anilines is 1. The molecule has 1 aliphatic rings. The van der Waals surface area contributed by atoms with Crippen molar-refractivity contribution in [1.82, 2.24) is 10.1 Å². The van der Waals surface area contributed by atoms with E-state index >= 15 is 0 Å². The molecule has 0 saturated carbocycles. The average Bonchev–Trinajstić information content (AvgIpc) is 3.13. The Balaban J connectivity index is 1.80. The molecule has 1 saturated heterocycles. The number of aromatic nitrogens is 2. The molecule has 0 aliphatic carbocycles. The van der Waals surface area contributed by atoms with Gasteiger partial charge in [0.1, 0.15) is 0 Å². The van der Waals surface area contributed by atoms with Gasteiger partial charge in [-0.3, -0.25) is 4.79 Å². The van der Waals surface area contributed by atoms with Gasteiger partial charge in [-0.15, -0.1) is 0 Å². The van der Waals surface area contributed by atoms with E-state index in [-0.39, 0.29) is 11.8 Å². The van der Waals surface area contributed by atoms with Gasteiger partial charge >= 0.3 is 0 Å². The lowest BCUT2D eigenvalue weighted by Gasteiger charge is -2.16. The molecule has 5 heteroatoms. The number of nitrogens with zero attached hydrogens (tertiary/aromatic N) is 3. The number of carbonyl (C=O) groups excluding carboxylic acids is 1. The first-order valence-corrected chi connectivity index (χ1v) is 7.43. The van der Waals surface area contributed by atoms with Gasteiger partial charge in [0.05, 0.1) is 5.92 Å². The second-order valence-corrected chi connectivity index (χ2v) is 5.33. The summed E-state index contributed by atoms with van der Waals surface area (Å²) in [4.78, 5) is 18.4. The average molecular weight is 285 g/mol. The van der Waals surface area contributed by atoms with Gasteiger partial charge in [0, 0.05) is 25.1 Å². The highest BCUT2D eigenvalue weighted by atomic mass is 16.5. The van der Waals surface area contributed by atoms with Crippen LogP contribution in [-0.4, -0.2) is 22.6 Å². The molecule has 1 aliphatic heterocycles. The summed E-state index contributed by atoms with van der Waals surface area (Å²) in [6.07, 6.45) is 2.14. The van der Waals surface area contributed by atoms with E-state index in [1.165, 1.54) is 5.56 Å². The van der Waals surface area contributed by atoms with Gasteiger partial charge in [0.15, 0.2) is 5.82 Å². The summed E-state index contributed by atoms with van der Waals surface area (Å²) < 4.78 is 5.28. The van der Waals surface area contributed by atoms with E-state index in [2.05, 4.69) is 29.2 Å². The number of carbonyl (C=O) groups is 1. The molecule has 1 unspecified atom stereocenters. The van der Waals surface area contributed by atoms with Crippen molar-refractivity contribution in [2.24, 2.45) is 0 Å². The van der Waals surface area contributed by atoms with Crippen molar-refractivity contribution < 1.29 is 9.32 Å². The van der Waals surface area contributed by atoms with Crippen molar-refractivity contribution in [3.63, 3.8) is 0 Å². The highest BCUT2D eigenvalue weighted by molar-refractivity contribution is 5.96. The third-order valence-electron chi connectivity index (χ3n) is 3.90. The topological polar surface area (TPSA) is 59.2 Å². The van der Waals surface area contributed by atoms with Gasteiger partial charge in [-0.25, -0.2) is 0 Å². The van der Waals surface area contributed by atoms with E-state index in [9.17, 15) is 4.79 Å². The van der Waals surface area contributed by atoms with Crippen molar-refractivity contribution in [3.05, 3.63) is 41.5 Å². The van der Waals surface area contributed by atoms with Gasteiger partial charge < -0.3 is 9.42 Å². The zero-order valence-corrected chi connectivity index (χ0v) is 12.4. The summed E-state index contributed by atoms with van der Waals surface area (Å²) >= 11 is 0. The fraction of sp³-hybridized carbons (Fsp3) is 0.438. The molecule has 1 amide bonds. The van der Waals surface area contributed by atoms with Crippen LogP contribution in [0, 0.1) is 0 Å². The predicted molar refractivity (Wildman–Crippen MR) is 79.2 cm³/mol. The lowest BCUT2D eigenvalue weighted by Crippen LogP contribution is -2.24. The second-order valence-electron chi connectivity index (χ2n) is 5.33. The molecule has 0 spiro atoms. The molecule has 21 heavy (non-hydrogen) atoms. The van der Waals surface area contributed by atoms with Crippen LogP contribution < -0.4 is 4.90 Å². The van der Waals surface area contributed by atoms with E-state index in [0.717, 1.165) is 18.5 Å². The Kier molecular flexibility index (Phi) is 3.73. The summed E-state index contributed by atoms with van der Waals surface area (Å²) in [7, 11) is 0. The monoisotopic (exact) mass is 285 g/mol. The number of aryl methyl sites for hydroxylation is 2. The molecule has 1 fully saturated rings. The van der Waals surface area contributed by atoms with Crippen LogP contribution in [0.4, 0.5) is 5.69 Å². The van der Waals surface area contributed by atoms with E-state index < -0.39 is 0 Å². The Hall–Kier alpha value is -2.17. The summed E-state index contributed by atoms with van der Waals surface area (Å²) in [6, 6.07) is 8.13. The molecule has 5 nitrogen and oxygen atoms in total. The SMILES string of the molecule is CCc1cccc(N2CC(c3nc(CC)no3)CC2=O)c1. The van der Waals surface area contributed by atoms with Crippen LogP contribution in [0.1, 0.15) is 43.5 Å². The third kappa shape index (κ3) is 2.68. The second kappa shape index (κ2) is 5.68. The molecule has 2 aromatic rings. The van der Waals surface area contributed by atoms with E-state index in [1.807, 2.05) is 24.0 Å². The minimum absolute atomic E-state index is 0.00409. The smallest absolute Gasteiger partial charge is 0.232 e. The molecule has 1 aromatic carbocycles. The summed E-state index contributed by atoms with van der Waals surface area (Å²) in [5, 5.41) is 3.91. The largest absolute Gasteiger partial charge is 0.339 e.